The number of carbonyl (C=O) groups is 2. The van der Waals surface area contributed by atoms with E-state index in [-0.39, 0.29) is 18.0 Å². The minimum absolute atomic E-state index is 0.0333. The number of rotatable bonds is 42. The van der Waals surface area contributed by atoms with Crippen molar-refractivity contribution in [2.45, 2.75) is 187 Å². The highest BCUT2D eigenvalue weighted by Crippen LogP contribution is 2.20. The Morgan fingerprint density at radius 3 is 1.67 bits per heavy atom. The predicted molar refractivity (Wildman–Crippen MR) is 236 cm³/mol. The molecule has 332 valence electrons. The summed E-state index contributed by atoms with van der Waals surface area (Å²) in [4.78, 5) is 54.1. The lowest BCUT2D eigenvalue weighted by Crippen LogP contribution is -2.45. The van der Waals surface area contributed by atoms with Crippen LogP contribution in [0.3, 0.4) is 0 Å². The quantitative estimate of drug-likeness (QED) is 0.0386. The van der Waals surface area contributed by atoms with Crippen molar-refractivity contribution < 1.29 is 28.5 Å². The molecule has 0 radical (unpaired) electrons. The third-order valence-corrected chi connectivity index (χ3v) is 10.8. The average Bonchev–Trinajstić information content (AvgIpc) is 3.21. The zero-order valence-electron chi connectivity index (χ0n) is 37.3. The van der Waals surface area contributed by atoms with E-state index in [1.54, 1.807) is 14.2 Å². The molecule has 57 heavy (non-hydrogen) atoms. The van der Waals surface area contributed by atoms with Crippen LogP contribution in [-0.4, -0.2) is 96.3 Å². The van der Waals surface area contributed by atoms with Gasteiger partial charge in [-0.05, 0) is 77.4 Å². The first-order valence-electron chi connectivity index (χ1n) is 23.2. The van der Waals surface area contributed by atoms with Gasteiger partial charge in [0.05, 0.1) is 19.8 Å². The minimum atomic E-state index is -0.450. The highest BCUT2D eigenvalue weighted by molar-refractivity contribution is 5.75. The topological polar surface area (TPSA) is 124 Å². The van der Waals surface area contributed by atoms with Crippen LogP contribution in [0.2, 0.25) is 0 Å². The van der Waals surface area contributed by atoms with Crippen molar-refractivity contribution in [2.24, 2.45) is 0 Å². The van der Waals surface area contributed by atoms with Gasteiger partial charge in [-0.3, -0.25) is 19.2 Å². The van der Waals surface area contributed by atoms with E-state index in [0.717, 1.165) is 135 Å². The molecule has 11 heteroatoms. The fourth-order valence-electron chi connectivity index (χ4n) is 7.23. The normalized spacial score (nSPS) is 12.0. The molecule has 0 aliphatic carbocycles. The zero-order chi connectivity index (χ0) is 41.8. The van der Waals surface area contributed by atoms with Gasteiger partial charge in [0.25, 0.3) is 10.9 Å². The van der Waals surface area contributed by atoms with Crippen molar-refractivity contribution in [2.75, 3.05) is 83.5 Å². The van der Waals surface area contributed by atoms with Gasteiger partial charge in [0.1, 0.15) is 17.5 Å². The fraction of sp³-hybridized carbons (Fsp3) is 0.870. The van der Waals surface area contributed by atoms with Crippen LogP contribution in [-0.2, 0) is 28.5 Å². The number of carbonyl (C=O) groups excluding carboxylic acids is 2. The molecule has 0 aliphatic rings. The molecule has 0 aromatic heterocycles. The van der Waals surface area contributed by atoms with Crippen LogP contribution in [0.4, 0.5) is 11.4 Å². The molecular formula is C46H85N3O8. The van der Waals surface area contributed by atoms with Crippen molar-refractivity contribution in [1.82, 2.24) is 4.90 Å². The SMILES string of the molecule is CCCCCCCOC(=O)CCCCCCCN(CCCCCCCC(=O)OC(CCCC)CCCCC)CCCNc1c(N(CCOC)CCOC)c(=O)c1=O. The summed E-state index contributed by atoms with van der Waals surface area (Å²) in [6, 6.07) is 0. The van der Waals surface area contributed by atoms with Crippen LogP contribution in [0.1, 0.15) is 181 Å². The van der Waals surface area contributed by atoms with Crippen molar-refractivity contribution in [3.8, 4) is 0 Å². The van der Waals surface area contributed by atoms with Gasteiger partial charge in [-0.15, -0.1) is 0 Å². The van der Waals surface area contributed by atoms with Gasteiger partial charge >= 0.3 is 11.9 Å². The number of unbranched alkanes of at least 4 members (excludes halogenated alkanes) is 15. The molecule has 1 aromatic rings. The fourth-order valence-corrected chi connectivity index (χ4v) is 7.23. The summed E-state index contributed by atoms with van der Waals surface area (Å²) in [5.74, 6) is -0.0958. The number of ether oxygens (including phenoxy) is 4. The first-order chi connectivity index (χ1) is 27.8. The summed E-state index contributed by atoms with van der Waals surface area (Å²) in [6.07, 6.45) is 26.0. The maximum Gasteiger partial charge on any atom is 0.306 e. The lowest BCUT2D eigenvalue weighted by molar-refractivity contribution is -0.150. The molecule has 0 heterocycles. The molecule has 0 aliphatic heterocycles. The lowest BCUT2D eigenvalue weighted by Gasteiger charge is -2.27. The van der Waals surface area contributed by atoms with E-state index in [9.17, 15) is 19.2 Å². The molecule has 1 N–H and O–H groups in total. The van der Waals surface area contributed by atoms with Crippen molar-refractivity contribution >= 4 is 23.3 Å². The van der Waals surface area contributed by atoms with E-state index >= 15 is 0 Å². The Bertz CT molecular complexity index is 1180. The largest absolute Gasteiger partial charge is 0.466 e. The molecule has 0 saturated heterocycles. The second kappa shape index (κ2) is 36.6. The second-order valence-corrected chi connectivity index (χ2v) is 15.9. The molecule has 0 bridgehead atoms. The Morgan fingerprint density at radius 2 is 1.05 bits per heavy atom. The van der Waals surface area contributed by atoms with Gasteiger partial charge in [0.15, 0.2) is 0 Å². The Hall–Kier alpha value is -2.50. The van der Waals surface area contributed by atoms with Gasteiger partial charge in [-0.25, -0.2) is 0 Å². The zero-order valence-corrected chi connectivity index (χ0v) is 37.3. The standard InChI is InChI=1S/C46H85N3O8/c1-6-9-12-19-25-37-56-41(50)29-21-15-13-17-23-32-48(33-24-18-14-16-22-30-42(51)57-40(27-11-8-3)28-20-10-7-2)34-26-31-47-43-44(46(53)45(43)52)49(35-38-54-4)36-39-55-5/h40,47H,6-39H2,1-5H3. The maximum atomic E-state index is 12.6. The highest BCUT2D eigenvalue weighted by Gasteiger charge is 2.25. The summed E-state index contributed by atoms with van der Waals surface area (Å²) < 4.78 is 21.7. The number of anilines is 2. The number of esters is 2. The second-order valence-electron chi connectivity index (χ2n) is 15.9. The van der Waals surface area contributed by atoms with Gasteiger partial charge in [0, 0.05) is 46.7 Å². The number of nitrogens with zero attached hydrogens (tertiary/aromatic N) is 2. The van der Waals surface area contributed by atoms with Crippen LogP contribution >= 0.6 is 0 Å². The molecule has 11 nitrogen and oxygen atoms in total. The highest BCUT2D eigenvalue weighted by atomic mass is 16.5. The van der Waals surface area contributed by atoms with Crippen molar-refractivity contribution in [3.05, 3.63) is 20.4 Å². The first-order valence-corrected chi connectivity index (χ1v) is 23.2. The summed E-state index contributed by atoms with van der Waals surface area (Å²) in [6.45, 7) is 12.6. The third-order valence-electron chi connectivity index (χ3n) is 10.8. The van der Waals surface area contributed by atoms with Crippen LogP contribution in [0, 0.1) is 0 Å². The lowest BCUT2D eigenvalue weighted by atomic mass is 10.1. The average molecular weight is 808 g/mol. The number of methoxy groups -OCH3 is 2. The van der Waals surface area contributed by atoms with Gasteiger partial charge in [0.2, 0.25) is 0 Å². The van der Waals surface area contributed by atoms with Crippen LogP contribution in [0.5, 0.6) is 0 Å². The summed E-state index contributed by atoms with van der Waals surface area (Å²) in [5.41, 5.74) is -0.0463. The number of nitrogens with one attached hydrogen (secondary N) is 1. The predicted octanol–water partition coefficient (Wildman–Crippen LogP) is 9.36. The van der Waals surface area contributed by atoms with Crippen LogP contribution in [0.25, 0.3) is 0 Å². The van der Waals surface area contributed by atoms with E-state index in [2.05, 4.69) is 31.0 Å². The van der Waals surface area contributed by atoms with E-state index in [1.165, 1.54) is 32.1 Å². The minimum Gasteiger partial charge on any atom is -0.466 e. The van der Waals surface area contributed by atoms with E-state index in [0.29, 0.717) is 63.7 Å². The Balaban J connectivity index is 2.53. The first kappa shape index (κ1) is 52.5. The van der Waals surface area contributed by atoms with Crippen molar-refractivity contribution in [3.63, 3.8) is 0 Å². The Labute approximate surface area is 347 Å². The van der Waals surface area contributed by atoms with Gasteiger partial charge < -0.3 is 34.1 Å². The van der Waals surface area contributed by atoms with E-state index in [4.69, 9.17) is 18.9 Å². The molecule has 1 atom stereocenters. The van der Waals surface area contributed by atoms with E-state index in [1.807, 2.05) is 4.90 Å². The molecule has 0 saturated carbocycles. The molecule has 0 fully saturated rings. The Morgan fingerprint density at radius 1 is 0.544 bits per heavy atom. The summed E-state index contributed by atoms with van der Waals surface area (Å²) >= 11 is 0. The summed E-state index contributed by atoms with van der Waals surface area (Å²) in [7, 11) is 3.24. The molecule has 1 unspecified atom stereocenters. The third kappa shape index (κ3) is 26.3. The van der Waals surface area contributed by atoms with Gasteiger partial charge in [-0.2, -0.15) is 0 Å². The van der Waals surface area contributed by atoms with Gasteiger partial charge in [-0.1, -0.05) is 111 Å². The van der Waals surface area contributed by atoms with Crippen LogP contribution in [0.15, 0.2) is 9.59 Å². The monoisotopic (exact) mass is 808 g/mol. The molecule has 0 spiro atoms. The molecule has 0 amide bonds. The smallest absolute Gasteiger partial charge is 0.306 e. The molecule has 1 aromatic carbocycles. The van der Waals surface area contributed by atoms with Crippen LogP contribution < -0.4 is 21.1 Å². The maximum absolute atomic E-state index is 12.6. The number of hydrogen-bond acceptors (Lipinski definition) is 11. The Kier molecular flexibility index (Phi) is 33.7. The molecule has 1 rings (SSSR count). The van der Waals surface area contributed by atoms with E-state index < -0.39 is 10.9 Å². The summed E-state index contributed by atoms with van der Waals surface area (Å²) in [5, 5.41) is 3.28. The number of hydrogen-bond donors (Lipinski definition) is 1. The van der Waals surface area contributed by atoms with Crippen molar-refractivity contribution in [1.29, 1.82) is 0 Å². The molecular weight excluding hydrogens is 723 g/mol.